The number of aromatic nitrogens is 1. The fraction of sp³-hybridized carbons (Fsp3) is 0.182. The Hall–Kier alpha value is -3.03. The van der Waals surface area contributed by atoms with E-state index in [1.165, 1.54) is 0 Å². The largest absolute Gasteiger partial charge is 0.494 e. The lowest BCUT2D eigenvalue weighted by atomic mass is 9.93. The maximum Gasteiger partial charge on any atom is 0.142 e. The average Bonchev–Trinajstić information content (AvgIpc) is 2.68. The van der Waals surface area contributed by atoms with Gasteiger partial charge < -0.3 is 10.5 Å². The molecule has 5 heteroatoms. The lowest BCUT2D eigenvalue weighted by molar-refractivity contribution is 0.317. The van der Waals surface area contributed by atoms with E-state index in [1.807, 2.05) is 55.5 Å². The van der Waals surface area contributed by atoms with Crippen molar-refractivity contribution < 1.29 is 4.74 Å². The Bertz CT molecular complexity index is 1010. The van der Waals surface area contributed by atoms with E-state index in [9.17, 15) is 5.26 Å². The molecule has 0 unspecified atom stereocenters. The third kappa shape index (κ3) is 3.89. The van der Waals surface area contributed by atoms with Crippen LogP contribution in [0.25, 0.3) is 22.4 Å². The van der Waals surface area contributed by atoms with E-state index >= 15 is 0 Å². The summed E-state index contributed by atoms with van der Waals surface area (Å²) in [6.45, 7) is 4.68. The van der Waals surface area contributed by atoms with E-state index in [4.69, 9.17) is 22.1 Å². The smallest absolute Gasteiger partial charge is 0.142 e. The number of hydrogen-bond acceptors (Lipinski definition) is 4. The number of nitrogen functional groups attached to an aromatic ring is 1. The summed E-state index contributed by atoms with van der Waals surface area (Å²) >= 11 is 6.14. The van der Waals surface area contributed by atoms with E-state index in [2.05, 4.69) is 18.0 Å². The predicted molar refractivity (Wildman–Crippen MR) is 110 cm³/mol. The van der Waals surface area contributed by atoms with Crippen LogP contribution in [0.15, 0.2) is 48.5 Å². The van der Waals surface area contributed by atoms with Crippen molar-refractivity contribution >= 4 is 17.4 Å². The van der Waals surface area contributed by atoms with Gasteiger partial charge in [0.25, 0.3) is 0 Å². The van der Waals surface area contributed by atoms with Crippen molar-refractivity contribution in [2.24, 2.45) is 0 Å². The second kappa shape index (κ2) is 8.11. The number of rotatable bonds is 5. The van der Waals surface area contributed by atoms with Crippen LogP contribution in [0.4, 0.5) is 5.82 Å². The van der Waals surface area contributed by atoms with Gasteiger partial charge in [0.2, 0.25) is 0 Å². The Morgan fingerprint density at radius 1 is 1.15 bits per heavy atom. The van der Waals surface area contributed by atoms with Gasteiger partial charge in [0.05, 0.1) is 12.3 Å². The van der Waals surface area contributed by atoms with Crippen LogP contribution in [-0.4, -0.2) is 11.6 Å². The summed E-state index contributed by atoms with van der Waals surface area (Å²) in [5, 5.41) is 10.3. The highest BCUT2D eigenvalue weighted by Gasteiger charge is 2.18. The van der Waals surface area contributed by atoms with Gasteiger partial charge in [-0.25, -0.2) is 4.98 Å². The summed E-state index contributed by atoms with van der Waals surface area (Å²) in [7, 11) is 0. The van der Waals surface area contributed by atoms with Crippen molar-refractivity contribution in [2.75, 3.05) is 12.3 Å². The minimum atomic E-state index is 0.208. The van der Waals surface area contributed by atoms with Crippen LogP contribution in [0.3, 0.4) is 0 Å². The van der Waals surface area contributed by atoms with Crippen molar-refractivity contribution in [3.8, 4) is 34.2 Å². The van der Waals surface area contributed by atoms with Crippen molar-refractivity contribution in [2.45, 2.75) is 20.3 Å². The van der Waals surface area contributed by atoms with Crippen LogP contribution in [0, 0.1) is 18.3 Å². The molecule has 0 spiro atoms. The Kier molecular flexibility index (Phi) is 5.63. The standard InChI is InChI=1S/C22H20ClN3O/c1-3-11-27-18-9-7-15(8-10-18)20-14(2)21(26-22(25)19(20)13-24)16-5-4-6-17(23)12-16/h4-10,12H,3,11H2,1-2H3,(H2,25,26). The van der Waals surface area contributed by atoms with Gasteiger partial charge in [-0.15, -0.1) is 0 Å². The topological polar surface area (TPSA) is 71.9 Å². The Morgan fingerprint density at radius 3 is 2.52 bits per heavy atom. The molecule has 0 amide bonds. The molecule has 4 nitrogen and oxygen atoms in total. The molecule has 0 atom stereocenters. The molecule has 0 saturated carbocycles. The first-order valence-electron chi connectivity index (χ1n) is 8.74. The van der Waals surface area contributed by atoms with Crippen LogP contribution < -0.4 is 10.5 Å². The molecule has 0 aliphatic carbocycles. The van der Waals surface area contributed by atoms with Crippen LogP contribution in [0.1, 0.15) is 24.5 Å². The van der Waals surface area contributed by atoms with Crippen LogP contribution in [0.5, 0.6) is 5.75 Å². The minimum Gasteiger partial charge on any atom is -0.494 e. The monoisotopic (exact) mass is 377 g/mol. The quantitative estimate of drug-likeness (QED) is 0.626. The number of anilines is 1. The van der Waals surface area contributed by atoms with Crippen LogP contribution >= 0.6 is 11.6 Å². The molecule has 1 heterocycles. The maximum absolute atomic E-state index is 9.65. The molecule has 3 rings (SSSR count). The van der Waals surface area contributed by atoms with Gasteiger partial charge in [-0.2, -0.15) is 5.26 Å². The van der Waals surface area contributed by atoms with Crippen molar-refractivity contribution in [1.29, 1.82) is 5.26 Å². The first kappa shape index (κ1) is 18.8. The maximum atomic E-state index is 9.65. The van der Waals surface area contributed by atoms with Crippen molar-refractivity contribution in [3.63, 3.8) is 0 Å². The normalized spacial score (nSPS) is 10.4. The van der Waals surface area contributed by atoms with E-state index in [-0.39, 0.29) is 5.82 Å². The molecule has 0 aliphatic heterocycles. The van der Waals surface area contributed by atoms with Crippen molar-refractivity contribution in [1.82, 2.24) is 4.98 Å². The van der Waals surface area contributed by atoms with Gasteiger partial charge in [0.1, 0.15) is 23.2 Å². The molecular weight excluding hydrogens is 358 g/mol. The molecule has 3 aromatic rings. The van der Waals surface area contributed by atoms with E-state index in [0.29, 0.717) is 17.2 Å². The molecule has 136 valence electrons. The van der Waals surface area contributed by atoms with Crippen molar-refractivity contribution in [3.05, 3.63) is 64.7 Å². The number of hydrogen-bond donors (Lipinski definition) is 1. The van der Waals surface area contributed by atoms with Gasteiger partial charge in [-0.05, 0) is 48.7 Å². The summed E-state index contributed by atoms with van der Waals surface area (Å²) in [6.07, 6.45) is 0.948. The van der Waals surface area contributed by atoms with Crippen LogP contribution in [-0.2, 0) is 0 Å². The zero-order chi connectivity index (χ0) is 19.4. The number of nitrogens with two attached hydrogens (primary N) is 1. The third-order valence-corrected chi connectivity index (χ3v) is 4.53. The lowest BCUT2D eigenvalue weighted by Crippen LogP contribution is -2.03. The number of benzene rings is 2. The molecular formula is C22H20ClN3O. The fourth-order valence-electron chi connectivity index (χ4n) is 3.02. The Morgan fingerprint density at radius 2 is 1.89 bits per heavy atom. The number of pyridine rings is 1. The minimum absolute atomic E-state index is 0.208. The molecule has 27 heavy (non-hydrogen) atoms. The molecule has 2 N–H and O–H groups in total. The van der Waals surface area contributed by atoms with Gasteiger partial charge in [0, 0.05) is 16.1 Å². The SMILES string of the molecule is CCCOc1ccc(-c2c(C)c(-c3cccc(Cl)c3)nc(N)c2C#N)cc1. The molecule has 0 saturated heterocycles. The first-order valence-corrected chi connectivity index (χ1v) is 9.12. The highest BCUT2D eigenvalue weighted by molar-refractivity contribution is 6.30. The van der Waals surface area contributed by atoms with Crippen LogP contribution in [0.2, 0.25) is 5.02 Å². The number of halogens is 1. The van der Waals surface area contributed by atoms with E-state index < -0.39 is 0 Å². The number of nitriles is 1. The third-order valence-electron chi connectivity index (χ3n) is 4.29. The van der Waals surface area contributed by atoms with E-state index in [0.717, 1.165) is 40.1 Å². The van der Waals surface area contributed by atoms with Gasteiger partial charge in [-0.3, -0.25) is 0 Å². The Balaban J connectivity index is 2.15. The summed E-state index contributed by atoms with van der Waals surface area (Å²) in [5.74, 6) is 1.01. The molecule has 0 aliphatic rings. The highest BCUT2D eigenvalue weighted by Crippen LogP contribution is 2.36. The summed E-state index contributed by atoms with van der Waals surface area (Å²) in [4.78, 5) is 4.47. The Labute approximate surface area is 164 Å². The second-order valence-electron chi connectivity index (χ2n) is 6.22. The van der Waals surface area contributed by atoms with Gasteiger partial charge >= 0.3 is 0 Å². The fourth-order valence-corrected chi connectivity index (χ4v) is 3.21. The van der Waals surface area contributed by atoms with Gasteiger partial charge in [-0.1, -0.05) is 42.8 Å². The summed E-state index contributed by atoms with van der Waals surface area (Å²) in [6, 6.07) is 17.3. The second-order valence-corrected chi connectivity index (χ2v) is 6.65. The molecule has 2 aromatic carbocycles. The predicted octanol–water partition coefficient (Wildman–Crippen LogP) is 5.62. The number of nitrogens with zero attached hydrogens (tertiary/aromatic N) is 2. The zero-order valence-corrected chi connectivity index (χ0v) is 16.0. The number of ether oxygens (including phenoxy) is 1. The summed E-state index contributed by atoms with van der Waals surface area (Å²) < 4.78 is 5.65. The molecule has 1 aromatic heterocycles. The zero-order valence-electron chi connectivity index (χ0n) is 15.3. The molecule has 0 bridgehead atoms. The van der Waals surface area contributed by atoms with Gasteiger partial charge in [0.15, 0.2) is 0 Å². The van der Waals surface area contributed by atoms with E-state index in [1.54, 1.807) is 0 Å². The molecule has 0 radical (unpaired) electrons. The average molecular weight is 378 g/mol. The highest BCUT2D eigenvalue weighted by atomic mass is 35.5. The first-order chi connectivity index (χ1) is 13.0. The molecule has 0 fully saturated rings. The lowest BCUT2D eigenvalue weighted by Gasteiger charge is -2.15. The summed E-state index contributed by atoms with van der Waals surface area (Å²) in [5.41, 5.74) is 10.6.